The first-order valence-corrected chi connectivity index (χ1v) is 9.85. The SMILES string of the molecule is C/C=C(\NCc1ccc(-c2cnc(OC)[nH]c2=O)cc1)Nc1ccc(Cl)c(C(F)(F)F)c1. The zero-order chi connectivity index (χ0) is 23.3. The minimum absolute atomic E-state index is 0.133. The molecule has 0 radical (unpaired) electrons. The molecule has 0 saturated carbocycles. The molecule has 32 heavy (non-hydrogen) atoms. The van der Waals surface area contributed by atoms with Gasteiger partial charge in [0.1, 0.15) is 0 Å². The molecule has 0 atom stereocenters. The molecule has 0 aliphatic rings. The topological polar surface area (TPSA) is 79.0 Å². The average molecular weight is 465 g/mol. The van der Waals surface area contributed by atoms with Crippen LogP contribution in [0.4, 0.5) is 18.9 Å². The minimum atomic E-state index is -4.54. The highest BCUT2D eigenvalue weighted by atomic mass is 35.5. The van der Waals surface area contributed by atoms with Crippen LogP contribution in [0.15, 0.2) is 65.4 Å². The van der Waals surface area contributed by atoms with E-state index in [1.165, 1.54) is 25.4 Å². The molecule has 0 aliphatic heterocycles. The Morgan fingerprint density at radius 1 is 1.22 bits per heavy atom. The van der Waals surface area contributed by atoms with Gasteiger partial charge in [-0.2, -0.15) is 13.2 Å². The highest BCUT2D eigenvalue weighted by Crippen LogP contribution is 2.36. The average Bonchev–Trinajstić information content (AvgIpc) is 2.77. The molecule has 0 amide bonds. The van der Waals surface area contributed by atoms with Crippen LogP contribution in [0.5, 0.6) is 6.01 Å². The lowest BCUT2D eigenvalue weighted by Gasteiger charge is -2.16. The van der Waals surface area contributed by atoms with Gasteiger partial charge >= 0.3 is 6.18 Å². The third kappa shape index (κ3) is 5.61. The number of aromatic amines is 1. The highest BCUT2D eigenvalue weighted by Gasteiger charge is 2.33. The molecule has 168 valence electrons. The number of nitrogens with zero attached hydrogens (tertiary/aromatic N) is 1. The molecule has 0 fully saturated rings. The highest BCUT2D eigenvalue weighted by molar-refractivity contribution is 6.31. The monoisotopic (exact) mass is 464 g/mol. The molecule has 0 spiro atoms. The van der Waals surface area contributed by atoms with Crippen LogP contribution in [0.3, 0.4) is 0 Å². The van der Waals surface area contributed by atoms with Gasteiger partial charge < -0.3 is 15.4 Å². The van der Waals surface area contributed by atoms with E-state index >= 15 is 0 Å². The molecule has 0 unspecified atom stereocenters. The number of benzene rings is 2. The van der Waals surface area contributed by atoms with Gasteiger partial charge in [-0.3, -0.25) is 9.78 Å². The van der Waals surface area contributed by atoms with E-state index in [9.17, 15) is 18.0 Å². The number of methoxy groups -OCH3 is 1. The largest absolute Gasteiger partial charge is 0.468 e. The first-order valence-electron chi connectivity index (χ1n) is 9.48. The Morgan fingerprint density at radius 3 is 2.53 bits per heavy atom. The van der Waals surface area contributed by atoms with E-state index in [2.05, 4.69) is 20.6 Å². The fraction of sp³-hybridized carbons (Fsp3) is 0.182. The van der Waals surface area contributed by atoms with Crippen molar-refractivity contribution < 1.29 is 17.9 Å². The van der Waals surface area contributed by atoms with Gasteiger partial charge in [-0.05, 0) is 42.3 Å². The predicted molar refractivity (Wildman–Crippen MR) is 118 cm³/mol. The Balaban J connectivity index is 1.66. The standard InChI is InChI=1S/C22H20ClF3N4O2/c1-3-19(29-15-8-9-18(23)17(10-15)22(24,25)26)27-11-13-4-6-14(7-5-13)16-12-28-21(32-2)30-20(16)31/h3-10,12,27,29H,11H2,1-2H3,(H,28,30,31)/b19-3+. The first kappa shape index (κ1) is 23.2. The summed E-state index contributed by atoms with van der Waals surface area (Å²) in [7, 11) is 1.41. The zero-order valence-corrected chi connectivity index (χ0v) is 17.9. The van der Waals surface area contributed by atoms with E-state index in [0.717, 1.165) is 11.6 Å². The number of allylic oxidation sites excluding steroid dienone is 1. The number of hydrogen-bond acceptors (Lipinski definition) is 5. The summed E-state index contributed by atoms with van der Waals surface area (Å²) in [6.45, 7) is 2.16. The van der Waals surface area contributed by atoms with Crippen molar-refractivity contribution >= 4 is 17.3 Å². The Morgan fingerprint density at radius 2 is 1.94 bits per heavy atom. The lowest BCUT2D eigenvalue weighted by atomic mass is 10.1. The third-order valence-corrected chi connectivity index (χ3v) is 4.89. The van der Waals surface area contributed by atoms with Crippen LogP contribution in [0, 0.1) is 0 Å². The molecule has 1 aromatic heterocycles. The van der Waals surface area contributed by atoms with E-state index < -0.39 is 11.7 Å². The van der Waals surface area contributed by atoms with Crippen molar-refractivity contribution in [2.24, 2.45) is 0 Å². The Bertz CT molecular complexity index is 1180. The molecule has 0 aliphatic carbocycles. The lowest BCUT2D eigenvalue weighted by Crippen LogP contribution is -2.19. The number of aromatic nitrogens is 2. The van der Waals surface area contributed by atoms with Crippen LogP contribution in [0.1, 0.15) is 18.1 Å². The molecule has 2 aromatic carbocycles. The fourth-order valence-electron chi connectivity index (χ4n) is 2.88. The molecule has 3 N–H and O–H groups in total. The van der Waals surface area contributed by atoms with Gasteiger partial charge in [0.2, 0.25) is 0 Å². The molecule has 10 heteroatoms. The minimum Gasteiger partial charge on any atom is -0.468 e. The van der Waals surface area contributed by atoms with Crippen LogP contribution in [0.2, 0.25) is 5.02 Å². The van der Waals surface area contributed by atoms with Gasteiger partial charge in [-0.1, -0.05) is 35.9 Å². The molecule has 3 rings (SSSR count). The molecule has 3 aromatic rings. The molecule has 1 heterocycles. The van der Waals surface area contributed by atoms with Crippen LogP contribution in [-0.4, -0.2) is 17.1 Å². The van der Waals surface area contributed by atoms with Gasteiger partial charge in [0.15, 0.2) is 0 Å². The number of alkyl halides is 3. The van der Waals surface area contributed by atoms with Crippen molar-refractivity contribution in [1.29, 1.82) is 0 Å². The number of ether oxygens (including phenoxy) is 1. The van der Waals surface area contributed by atoms with Gasteiger partial charge in [0, 0.05) is 18.4 Å². The summed E-state index contributed by atoms with van der Waals surface area (Å²) in [5.74, 6) is 0.528. The number of nitrogens with one attached hydrogen (secondary N) is 3. The summed E-state index contributed by atoms with van der Waals surface area (Å²) in [4.78, 5) is 18.7. The van der Waals surface area contributed by atoms with Crippen molar-refractivity contribution in [3.05, 3.63) is 87.1 Å². The Labute approximate surface area is 187 Å². The predicted octanol–water partition coefficient (Wildman–Crippen LogP) is 5.18. The van der Waals surface area contributed by atoms with Crippen molar-refractivity contribution in [2.75, 3.05) is 12.4 Å². The number of anilines is 1. The normalized spacial score (nSPS) is 11.9. The zero-order valence-electron chi connectivity index (χ0n) is 17.2. The van der Waals surface area contributed by atoms with Crippen molar-refractivity contribution in [1.82, 2.24) is 15.3 Å². The lowest BCUT2D eigenvalue weighted by molar-refractivity contribution is -0.137. The number of rotatable bonds is 7. The summed E-state index contributed by atoms with van der Waals surface area (Å²) in [6.07, 6.45) is -1.39. The van der Waals surface area contributed by atoms with Gasteiger partial charge in [0.05, 0.1) is 29.1 Å². The second-order valence-electron chi connectivity index (χ2n) is 6.71. The maximum Gasteiger partial charge on any atom is 0.417 e. The van der Waals surface area contributed by atoms with E-state index in [4.69, 9.17) is 16.3 Å². The summed E-state index contributed by atoms with van der Waals surface area (Å²) in [6, 6.07) is 11.0. The van der Waals surface area contributed by atoms with Crippen molar-refractivity contribution in [3.63, 3.8) is 0 Å². The second kappa shape index (κ2) is 9.78. The molecule has 0 bridgehead atoms. The Kier molecular flexibility index (Phi) is 7.09. The Hall–Kier alpha value is -3.46. The molecular weight excluding hydrogens is 445 g/mol. The van der Waals surface area contributed by atoms with Crippen LogP contribution < -0.4 is 20.9 Å². The second-order valence-corrected chi connectivity index (χ2v) is 7.11. The molecular formula is C22H20ClF3N4O2. The number of halogens is 4. The van der Waals surface area contributed by atoms with E-state index in [0.29, 0.717) is 23.5 Å². The number of H-pyrrole nitrogens is 1. The van der Waals surface area contributed by atoms with Crippen LogP contribution in [-0.2, 0) is 12.7 Å². The smallest absolute Gasteiger partial charge is 0.417 e. The van der Waals surface area contributed by atoms with Crippen molar-refractivity contribution in [2.45, 2.75) is 19.6 Å². The maximum atomic E-state index is 13.1. The molecule has 6 nitrogen and oxygen atoms in total. The maximum absolute atomic E-state index is 13.1. The van der Waals surface area contributed by atoms with Crippen LogP contribution >= 0.6 is 11.6 Å². The molecule has 0 saturated heterocycles. The summed E-state index contributed by atoms with van der Waals surface area (Å²) in [5, 5.41) is 5.69. The van der Waals surface area contributed by atoms with Gasteiger partial charge in [-0.15, -0.1) is 0 Å². The quantitative estimate of drug-likeness (QED) is 0.449. The van der Waals surface area contributed by atoms with Gasteiger partial charge in [-0.25, -0.2) is 4.98 Å². The third-order valence-electron chi connectivity index (χ3n) is 4.56. The summed E-state index contributed by atoms with van der Waals surface area (Å²) >= 11 is 5.66. The fourth-order valence-corrected chi connectivity index (χ4v) is 3.11. The first-order chi connectivity index (χ1) is 15.2. The van der Waals surface area contributed by atoms with E-state index in [-0.39, 0.29) is 22.3 Å². The number of hydrogen-bond donors (Lipinski definition) is 3. The van der Waals surface area contributed by atoms with E-state index in [1.807, 2.05) is 12.1 Å². The summed E-state index contributed by atoms with van der Waals surface area (Å²) in [5.41, 5.74) is 1.03. The van der Waals surface area contributed by atoms with E-state index in [1.54, 1.807) is 25.1 Å². The summed E-state index contributed by atoms with van der Waals surface area (Å²) < 4.78 is 44.1. The van der Waals surface area contributed by atoms with Crippen LogP contribution in [0.25, 0.3) is 11.1 Å². The van der Waals surface area contributed by atoms with Crippen molar-refractivity contribution in [3.8, 4) is 17.1 Å². The van der Waals surface area contributed by atoms with Gasteiger partial charge in [0.25, 0.3) is 11.6 Å².